The summed E-state index contributed by atoms with van der Waals surface area (Å²) >= 11 is 0. The molecule has 3 aromatic carbocycles. The first kappa shape index (κ1) is 17.2. The molecule has 0 aliphatic rings. The topological polar surface area (TPSA) is 84.2 Å². The first-order valence-electron chi connectivity index (χ1n) is 8.21. The molecule has 130 valence electrons. The standard InChI is InChI=1S/C21H19N3O2/c22-17-8-6-15(7-9-17)14-20(25)23-18-10-12-19(13-11-18)24-21(26)16-4-2-1-3-5-16/h1-13H,14,22H2,(H,23,25)(H,24,26). The number of carbonyl (C=O) groups is 2. The summed E-state index contributed by atoms with van der Waals surface area (Å²) in [6.45, 7) is 0. The number of benzene rings is 3. The molecule has 0 saturated heterocycles. The summed E-state index contributed by atoms with van der Waals surface area (Å²) in [5.41, 5.74) is 9.12. The summed E-state index contributed by atoms with van der Waals surface area (Å²) in [5.74, 6) is -0.290. The van der Waals surface area contributed by atoms with Gasteiger partial charge < -0.3 is 16.4 Å². The van der Waals surface area contributed by atoms with Crippen molar-refractivity contribution in [2.75, 3.05) is 16.4 Å². The lowest BCUT2D eigenvalue weighted by Crippen LogP contribution is -2.15. The maximum Gasteiger partial charge on any atom is 0.255 e. The van der Waals surface area contributed by atoms with Crippen molar-refractivity contribution in [1.82, 2.24) is 0 Å². The van der Waals surface area contributed by atoms with Crippen molar-refractivity contribution in [2.45, 2.75) is 6.42 Å². The van der Waals surface area contributed by atoms with Gasteiger partial charge in [0.15, 0.2) is 0 Å². The highest BCUT2D eigenvalue weighted by Crippen LogP contribution is 2.15. The number of amides is 2. The molecule has 3 aromatic rings. The second-order valence-electron chi connectivity index (χ2n) is 5.86. The van der Waals surface area contributed by atoms with Gasteiger partial charge >= 0.3 is 0 Å². The number of nitrogens with one attached hydrogen (secondary N) is 2. The lowest BCUT2D eigenvalue weighted by Gasteiger charge is -2.08. The van der Waals surface area contributed by atoms with Gasteiger partial charge in [-0.25, -0.2) is 0 Å². The molecule has 4 N–H and O–H groups in total. The molecule has 0 heterocycles. The van der Waals surface area contributed by atoms with Gasteiger partial charge in [0.05, 0.1) is 6.42 Å². The Labute approximate surface area is 151 Å². The molecule has 26 heavy (non-hydrogen) atoms. The number of hydrogen-bond acceptors (Lipinski definition) is 3. The SMILES string of the molecule is Nc1ccc(CC(=O)Nc2ccc(NC(=O)c3ccccc3)cc2)cc1. The molecule has 0 aliphatic heterocycles. The Balaban J connectivity index is 1.56. The second kappa shape index (κ2) is 7.98. The van der Waals surface area contributed by atoms with E-state index in [2.05, 4.69) is 10.6 Å². The summed E-state index contributed by atoms with van der Waals surface area (Å²) in [4.78, 5) is 24.2. The van der Waals surface area contributed by atoms with E-state index in [-0.39, 0.29) is 18.2 Å². The van der Waals surface area contributed by atoms with Gasteiger partial charge in [-0.3, -0.25) is 9.59 Å². The van der Waals surface area contributed by atoms with Gasteiger partial charge in [-0.1, -0.05) is 30.3 Å². The Morgan fingerprint density at radius 2 is 1.31 bits per heavy atom. The predicted molar refractivity (Wildman–Crippen MR) is 104 cm³/mol. The first-order valence-corrected chi connectivity index (χ1v) is 8.21. The third-order valence-corrected chi connectivity index (χ3v) is 3.81. The van der Waals surface area contributed by atoms with E-state index in [0.29, 0.717) is 22.6 Å². The van der Waals surface area contributed by atoms with Crippen molar-refractivity contribution in [3.63, 3.8) is 0 Å². The minimum atomic E-state index is -0.175. The quantitative estimate of drug-likeness (QED) is 0.617. The Morgan fingerprint density at radius 1 is 0.731 bits per heavy atom. The smallest absolute Gasteiger partial charge is 0.255 e. The van der Waals surface area contributed by atoms with E-state index in [1.165, 1.54) is 0 Å². The highest BCUT2D eigenvalue weighted by molar-refractivity contribution is 6.04. The number of rotatable bonds is 5. The third-order valence-electron chi connectivity index (χ3n) is 3.81. The van der Waals surface area contributed by atoms with Crippen LogP contribution >= 0.6 is 0 Å². The highest BCUT2D eigenvalue weighted by Gasteiger charge is 2.07. The van der Waals surface area contributed by atoms with Crippen LogP contribution in [0, 0.1) is 0 Å². The molecule has 2 amide bonds. The van der Waals surface area contributed by atoms with E-state index in [0.717, 1.165) is 5.56 Å². The summed E-state index contributed by atoms with van der Waals surface area (Å²) in [7, 11) is 0. The van der Waals surface area contributed by atoms with Gasteiger partial charge in [0, 0.05) is 22.6 Å². The van der Waals surface area contributed by atoms with E-state index in [1.807, 2.05) is 30.3 Å². The van der Waals surface area contributed by atoms with Crippen molar-refractivity contribution in [1.29, 1.82) is 0 Å². The van der Waals surface area contributed by atoms with Crippen LogP contribution in [-0.2, 0) is 11.2 Å². The number of carbonyl (C=O) groups excluding carboxylic acids is 2. The van der Waals surface area contributed by atoms with Crippen LogP contribution < -0.4 is 16.4 Å². The molecule has 0 unspecified atom stereocenters. The zero-order valence-corrected chi connectivity index (χ0v) is 14.1. The van der Waals surface area contributed by atoms with Gasteiger partial charge in [-0.2, -0.15) is 0 Å². The van der Waals surface area contributed by atoms with Crippen LogP contribution in [0.3, 0.4) is 0 Å². The summed E-state index contributed by atoms with van der Waals surface area (Å²) < 4.78 is 0. The molecule has 0 bridgehead atoms. The minimum absolute atomic E-state index is 0.115. The molecule has 0 aliphatic carbocycles. The van der Waals surface area contributed by atoms with Crippen molar-refractivity contribution < 1.29 is 9.59 Å². The summed E-state index contributed by atoms with van der Waals surface area (Å²) in [6, 6.07) is 23.2. The number of anilines is 3. The number of nitrogen functional groups attached to an aromatic ring is 1. The van der Waals surface area contributed by atoms with Crippen LogP contribution in [0.25, 0.3) is 0 Å². The molecule has 0 radical (unpaired) electrons. The van der Waals surface area contributed by atoms with E-state index >= 15 is 0 Å². The van der Waals surface area contributed by atoms with Crippen molar-refractivity contribution >= 4 is 28.9 Å². The minimum Gasteiger partial charge on any atom is -0.399 e. The van der Waals surface area contributed by atoms with Crippen molar-refractivity contribution in [3.8, 4) is 0 Å². The van der Waals surface area contributed by atoms with Crippen LogP contribution in [0.1, 0.15) is 15.9 Å². The normalized spacial score (nSPS) is 10.2. The van der Waals surface area contributed by atoms with Gasteiger partial charge in [0.2, 0.25) is 5.91 Å². The zero-order chi connectivity index (χ0) is 18.4. The first-order chi connectivity index (χ1) is 12.6. The Kier molecular flexibility index (Phi) is 5.29. The Morgan fingerprint density at radius 3 is 1.92 bits per heavy atom. The highest BCUT2D eigenvalue weighted by atomic mass is 16.2. The van der Waals surface area contributed by atoms with E-state index in [4.69, 9.17) is 5.73 Å². The largest absolute Gasteiger partial charge is 0.399 e. The Hall–Kier alpha value is -3.60. The second-order valence-corrected chi connectivity index (χ2v) is 5.86. The lowest BCUT2D eigenvalue weighted by molar-refractivity contribution is -0.115. The zero-order valence-electron chi connectivity index (χ0n) is 14.1. The molecule has 0 atom stereocenters. The summed E-state index contributed by atoms with van der Waals surface area (Å²) in [5, 5.41) is 5.65. The van der Waals surface area contributed by atoms with Crippen LogP contribution in [0.4, 0.5) is 17.1 Å². The van der Waals surface area contributed by atoms with Gasteiger partial charge in [0.25, 0.3) is 5.91 Å². The molecule has 0 fully saturated rings. The number of nitrogens with two attached hydrogens (primary N) is 1. The van der Waals surface area contributed by atoms with E-state index in [9.17, 15) is 9.59 Å². The average Bonchev–Trinajstić information content (AvgIpc) is 2.66. The van der Waals surface area contributed by atoms with Gasteiger partial charge in [-0.15, -0.1) is 0 Å². The molecular formula is C21H19N3O2. The average molecular weight is 345 g/mol. The maximum atomic E-state index is 12.1. The number of hydrogen-bond donors (Lipinski definition) is 3. The summed E-state index contributed by atoms with van der Waals surface area (Å²) in [6.07, 6.45) is 0.271. The van der Waals surface area contributed by atoms with Gasteiger partial charge in [0.1, 0.15) is 0 Å². The molecule has 0 spiro atoms. The fraction of sp³-hybridized carbons (Fsp3) is 0.0476. The fourth-order valence-electron chi connectivity index (χ4n) is 2.46. The molecule has 0 saturated carbocycles. The van der Waals surface area contributed by atoms with Crippen molar-refractivity contribution in [3.05, 3.63) is 90.0 Å². The predicted octanol–water partition coefficient (Wildman–Crippen LogP) is 3.70. The maximum absolute atomic E-state index is 12.1. The fourth-order valence-corrected chi connectivity index (χ4v) is 2.46. The molecule has 3 rings (SSSR count). The lowest BCUT2D eigenvalue weighted by atomic mass is 10.1. The molecule has 5 nitrogen and oxygen atoms in total. The van der Waals surface area contributed by atoms with Gasteiger partial charge in [-0.05, 0) is 54.1 Å². The van der Waals surface area contributed by atoms with Crippen LogP contribution in [-0.4, -0.2) is 11.8 Å². The monoisotopic (exact) mass is 345 g/mol. The van der Waals surface area contributed by atoms with Crippen molar-refractivity contribution in [2.24, 2.45) is 0 Å². The Bertz CT molecular complexity index is 889. The molecule has 5 heteroatoms. The van der Waals surface area contributed by atoms with Crippen LogP contribution in [0.15, 0.2) is 78.9 Å². The van der Waals surface area contributed by atoms with E-state index < -0.39 is 0 Å². The third kappa shape index (κ3) is 4.70. The van der Waals surface area contributed by atoms with Crippen LogP contribution in [0.5, 0.6) is 0 Å². The van der Waals surface area contributed by atoms with E-state index in [1.54, 1.807) is 48.5 Å². The molecule has 0 aromatic heterocycles. The van der Waals surface area contributed by atoms with Crippen LogP contribution in [0.2, 0.25) is 0 Å². The molecular weight excluding hydrogens is 326 g/mol.